The van der Waals surface area contributed by atoms with Crippen LogP contribution >= 0.6 is 0 Å². The summed E-state index contributed by atoms with van der Waals surface area (Å²) in [5, 5.41) is 5.10. The van der Waals surface area contributed by atoms with Gasteiger partial charge in [-0.2, -0.15) is 0 Å². The molecule has 156 valence electrons. The molecule has 0 aliphatic heterocycles. The largest absolute Gasteiger partial charge is 0.357 e. The van der Waals surface area contributed by atoms with E-state index in [9.17, 15) is 28.0 Å². The van der Waals surface area contributed by atoms with Crippen molar-refractivity contribution in [1.82, 2.24) is 20.2 Å². The van der Waals surface area contributed by atoms with Crippen LogP contribution in [0.4, 0.5) is 8.78 Å². The molecule has 0 bridgehead atoms. The summed E-state index contributed by atoms with van der Waals surface area (Å²) < 4.78 is 28.0. The summed E-state index contributed by atoms with van der Waals surface area (Å²) in [6.07, 6.45) is -0.201. The third-order valence-corrected chi connectivity index (χ3v) is 4.56. The normalized spacial score (nSPS) is 11.8. The molecule has 0 aliphatic rings. The average molecular weight is 416 g/mol. The number of fused-ring (bicyclic) bond motifs is 1. The molecule has 1 atom stereocenters. The van der Waals surface area contributed by atoms with Crippen LogP contribution in [0.25, 0.3) is 10.9 Å². The first-order valence-electron chi connectivity index (χ1n) is 8.99. The predicted octanol–water partition coefficient (Wildman–Crippen LogP) is 0.962. The van der Waals surface area contributed by atoms with Crippen LogP contribution in [0.15, 0.2) is 52.1 Å². The molecule has 10 heteroatoms. The van der Waals surface area contributed by atoms with E-state index in [1.54, 1.807) is 24.3 Å². The SMILES string of the molecule is CNC(=O)C(NC(=O)CCn1c(=O)[nH]c(=O)c2ccccc21)c1ccc(F)c(F)c1. The molecule has 1 aromatic heterocycles. The van der Waals surface area contributed by atoms with Crippen molar-refractivity contribution in [3.05, 3.63) is 80.5 Å². The van der Waals surface area contributed by atoms with E-state index in [1.165, 1.54) is 17.7 Å². The number of halogens is 2. The minimum absolute atomic E-state index is 0.0632. The molecule has 0 saturated heterocycles. The number of para-hydroxylation sites is 1. The molecule has 0 fully saturated rings. The maximum absolute atomic E-state index is 13.6. The van der Waals surface area contributed by atoms with Gasteiger partial charge < -0.3 is 10.6 Å². The fourth-order valence-corrected chi connectivity index (χ4v) is 3.05. The van der Waals surface area contributed by atoms with E-state index in [0.717, 1.165) is 12.1 Å². The Morgan fingerprint density at radius 3 is 2.53 bits per heavy atom. The van der Waals surface area contributed by atoms with Gasteiger partial charge in [0.25, 0.3) is 5.56 Å². The third-order valence-electron chi connectivity index (χ3n) is 4.56. The molecule has 1 unspecified atom stereocenters. The Bertz CT molecular complexity index is 1240. The second kappa shape index (κ2) is 8.68. The van der Waals surface area contributed by atoms with Crippen LogP contribution in [0.1, 0.15) is 18.0 Å². The fraction of sp³-hybridized carbons (Fsp3) is 0.200. The van der Waals surface area contributed by atoms with Crippen LogP contribution in [0.5, 0.6) is 0 Å². The van der Waals surface area contributed by atoms with Gasteiger partial charge in [-0.15, -0.1) is 0 Å². The standard InChI is InChI=1S/C20H18F2N4O4/c1-23-19(29)17(11-6-7-13(21)14(22)10-11)24-16(27)8-9-26-15-5-3-2-4-12(15)18(28)25-20(26)30/h2-7,10,17H,8-9H2,1H3,(H,23,29)(H,24,27)(H,25,28,30). The number of amides is 2. The lowest BCUT2D eigenvalue weighted by Crippen LogP contribution is -2.40. The lowest BCUT2D eigenvalue weighted by molar-refractivity contribution is -0.129. The number of benzene rings is 2. The van der Waals surface area contributed by atoms with Crippen LogP contribution in [-0.2, 0) is 16.1 Å². The highest BCUT2D eigenvalue weighted by Crippen LogP contribution is 2.17. The molecule has 2 amide bonds. The minimum Gasteiger partial charge on any atom is -0.357 e. The van der Waals surface area contributed by atoms with E-state index in [-0.39, 0.29) is 18.5 Å². The molecule has 30 heavy (non-hydrogen) atoms. The Morgan fingerprint density at radius 2 is 1.83 bits per heavy atom. The first kappa shape index (κ1) is 20.9. The summed E-state index contributed by atoms with van der Waals surface area (Å²) in [6.45, 7) is -0.0692. The van der Waals surface area contributed by atoms with Crippen LogP contribution in [0, 0.1) is 11.6 Å². The topological polar surface area (TPSA) is 113 Å². The number of nitrogens with one attached hydrogen (secondary N) is 3. The van der Waals surface area contributed by atoms with Crippen molar-refractivity contribution < 1.29 is 18.4 Å². The Hall–Kier alpha value is -3.82. The summed E-state index contributed by atoms with van der Waals surface area (Å²) >= 11 is 0. The van der Waals surface area contributed by atoms with E-state index in [0.29, 0.717) is 10.9 Å². The number of hydrogen-bond acceptors (Lipinski definition) is 4. The maximum atomic E-state index is 13.6. The van der Waals surface area contributed by atoms with Crippen molar-refractivity contribution in [1.29, 1.82) is 0 Å². The molecule has 0 saturated carbocycles. The molecule has 3 aromatic rings. The van der Waals surface area contributed by atoms with E-state index < -0.39 is 40.7 Å². The van der Waals surface area contributed by atoms with Crippen molar-refractivity contribution in [3.8, 4) is 0 Å². The molecule has 1 heterocycles. The zero-order valence-electron chi connectivity index (χ0n) is 15.9. The summed E-state index contributed by atoms with van der Waals surface area (Å²) in [6, 6.07) is 8.07. The number of carbonyl (C=O) groups is 2. The van der Waals surface area contributed by atoms with Gasteiger partial charge in [0.05, 0.1) is 10.9 Å². The second-order valence-electron chi connectivity index (χ2n) is 6.47. The molecule has 3 rings (SSSR count). The van der Waals surface area contributed by atoms with Gasteiger partial charge in [-0.25, -0.2) is 13.6 Å². The summed E-state index contributed by atoms with van der Waals surface area (Å²) in [4.78, 5) is 50.8. The van der Waals surface area contributed by atoms with E-state index in [4.69, 9.17) is 0 Å². The quantitative estimate of drug-likeness (QED) is 0.556. The van der Waals surface area contributed by atoms with E-state index in [2.05, 4.69) is 15.6 Å². The van der Waals surface area contributed by atoms with Gasteiger partial charge in [0, 0.05) is 20.0 Å². The van der Waals surface area contributed by atoms with Gasteiger partial charge in [0.2, 0.25) is 11.8 Å². The number of likely N-dealkylation sites (N-methyl/N-ethyl adjacent to an activating group) is 1. The number of H-pyrrole nitrogens is 1. The predicted molar refractivity (Wildman–Crippen MR) is 105 cm³/mol. The smallest absolute Gasteiger partial charge is 0.328 e. The summed E-state index contributed by atoms with van der Waals surface area (Å²) in [5.74, 6) is -3.46. The molecule has 0 spiro atoms. The van der Waals surface area contributed by atoms with Gasteiger partial charge in [-0.05, 0) is 29.8 Å². The fourth-order valence-electron chi connectivity index (χ4n) is 3.05. The van der Waals surface area contributed by atoms with Crippen LogP contribution in [0.2, 0.25) is 0 Å². The number of rotatable bonds is 6. The first-order chi connectivity index (χ1) is 14.3. The molecular formula is C20H18F2N4O4. The highest BCUT2D eigenvalue weighted by Gasteiger charge is 2.23. The van der Waals surface area contributed by atoms with Gasteiger partial charge >= 0.3 is 5.69 Å². The van der Waals surface area contributed by atoms with Crippen LogP contribution < -0.4 is 21.9 Å². The van der Waals surface area contributed by atoms with E-state index >= 15 is 0 Å². The number of aryl methyl sites for hydroxylation is 1. The van der Waals surface area contributed by atoms with Crippen molar-refractivity contribution in [2.45, 2.75) is 19.0 Å². The van der Waals surface area contributed by atoms with Crippen molar-refractivity contribution >= 4 is 22.7 Å². The number of nitrogens with zero attached hydrogens (tertiary/aromatic N) is 1. The van der Waals surface area contributed by atoms with E-state index in [1.807, 2.05) is 0 Å². The number of hydrogen-bond donors (Lipinski definition) is 3. The minimum atomic E-state index is -1.25. The van der Waals surface area contributed by atoms with Crippen molar-refractivity contribution in [2.24, 2.45) is 0 Å². The molecule has 0 aliphatic carbocycles. The van der Waals surface area contributed by atoms with Gasteiger partial charge in [-0.3, -0.25) is 23.9 Å². The first-order valence-corrected chi connectivity index (χ1v) is 8.99. The zero-order valence-corrected chi connectivity index (χ0v) is 15.9. The van der Waals surface area contributed by atoms with Crippen molar-refractivity contribution in [3.63, 3.8) is 0 Å². The van der Waals surface area contributed by atoms with Crippen LogP contribution in [-0.4, -0.2) is 28.4 Å². The monoisotopic (exact) mass is 416 g/mol. The highest BCUT2D eigenvalue weighted by molar-refractivity contribution is 5.88. The Balaban J connectivity index is 1.81. The summed E-state index contributed by atoms with van der Waals surface area (Å²) in [5.41, 5.74) is -0.778. The van der Waals surface area contributed by atoms with Gasteiger partial charge in [0.15, 0.2) is 11.6 Å². The second-order valence-corrected chi connectivity index (χ2v) is 6.47. The summed E-state index contributed by atoms with van der Waals surface area (Å²) in [7, 11) is 1.34. The highest BCUT2D eigenvalue weighted by atomic mass is 19.2. The maximum Gasteiger partial charge on any atom is 0.328 e. The Labute approximate surface area is 168 Å². The molecule has 8 nitrogen and oxygen atoms in total. The lowest BCUT2D eigenvalue weighted by atomic mass is 10.1. The molecule has 2 aromatic carbocycles. The number of aromatic amines is 1. The number of carbonyl (C=O) groups excluding carboxylic acids is 2. The van der Waals surface area contributed by atoms with Crippen molar-refractivity contribution in [2.75, 3.05) is 7.05 Å². The average Bonchev–Trinajstić information content (AvgIpc) is 2.73. The molecular weight excluding hydrogens is 398 g/mol. The zero-order chi connectivity index (χ0) is 21.8. The lowest BCUT2D eigenvalue weighted by Gasteiger charge is -2.18. The third kappa shape index (κ3) is 4.27. The molecule has 0 radical (unpaired) electrons. The molecule has 3 N–H and O–H groups in total. The Kier molecular flexibility index (Phi) is 6.05. The number of aromatic nitrogens is 2. The van der Waals surface area contributed by atoms with Crippen LogP contribution in [0.3, 0.4) is 0 Å². The Morgan fingerprint density at radius 1 is 1.10 bits per heavy atom. The van der Waals surface area contributed by atoms with Gasteiger partial charge in [0.1, 0.15) is 6.04 Å². The van der Waals surface area contributed by atoms with Gasteiger partial charge in [-0.1, -0.05) is 18.2 Å².